The van der Waals surface area contributed by atoms with Crippen LogP contribution in [-0.4, -0.2) is 32.4 Å². The number of carbonyl (C=O) groups excluding carboxylic acids is 3. The normalized spacial score (nSPS) is 12.5. The van der Waals surface area contributed by atoms with Crippen LogP contribution in [0.5, 0.6) is 0 Å². The van der Waals surface area contributed by atoms with Crippen molar-refractivity contribution < 1.29 is 27.5 Å². The van der Waals surface area contributed by atoms with Gasteiger partial charge in [-0.2, -0.15) is 0 Å². The van der Waals surface area contributed by atoms with E-state index >= 15 is 0 Å². The molecule has 0 aromatic heterocycles. The van der Waals surface area contributed by atoms with Crippen LogP contribution in [0.1, 0.15) is 49.2 Å². The Balaban J connectivity index is 2.16. The summed E-state index contributed by atoms with van der Waals surface area (Å²) >= 11 is 0. The van der Waals surface area contributed by atoms with Crippen LogP contribution in [0.2, 0.25) is 0 Å². The maximum absolute atomic E-state index is 12.9. The lowest BCUT2D eigenvalue weighted by atomic mass is 9.87. The standard InChI is InChI=1S/C22H27N3O6S/c1-13-6-9-16(22(3,4)5)12-18(13)32(29,30)25-17-10-7-15(8-11-17)20(27)31-14(2)19(26)24-21(23)28/h6-12,14,25H,1-5H3,(H3,23,24,26,28). The quantitative estimate of drug-likeness (QED) is 0.564. The molecule has 172 valence electrons. The Kier molecular flexibility index (Phi) is 7.30. The summed E-state index contributed by atoms with van der Waals surface area (Å²) in [5, 5.41) is 1.81. The number of amides is 3. The summed E-state index contributed by atoms with van der Waals surface area (Å²) in [6.07, 6.45) is -1.24. The molecule has 2 aromatic rings. The summed E-state index contributed by atoms with van der Waals surface area (Å²) in [6, 6.07) is 9.80. The second-order valence-corrected chi connectivity index (χ2v) is 9.96. The molecule has 2 aromatic carbocycles. The number of imide groups is 1. The second kappa shape index (κ2) is 9.39. The number of ether oxygens (including phenoxy) is 1. The molecule has 0 aliphatic carbocycles. The predicted octanol–water partition coefficient (Wildman–Crippen LogP) is 2.83. The van der Waals surface area contributed by atoms with Crippen molar-refractivity contribution in [2.24, 2.45) is 5.73 Å². The zero-order valence-electron chi connectivity index (χ0n) is 18.6. The lowest BCUT2D eigenvalue weighted by molar-refractivity contribution is -0.127. The first kappa shape index (κ1) is 24.9. The lowest BCUT2D eigenvalue weighted by Gasteiger charge is -2.21. The van der Waals surface area contributed by atoms with Gasteiger partial charge in [-0.15, -0.1) is 0 Å². The summed E-state index contributed by atoms with van der Waals surface area (Å²) in [5.41, 5.74) is 6.47. The van der Waals surface area contributed by atoms with Crippen LogP contribution in [0.3, 0.4) is 0 Å². The first-order valence-electron chi connectivity index (χ1n) is 9.76. The molecule has 2 rings (SSSR count). The minimum Gasteiger partial charge on any atom is -0.449 e. The lowest BCUT2D eigenvalue weighted by Crippen LogP contribution is -2.42. The van der Waals surface area contributed by atoms with Crippen molar-refractivity contribution >= 4 is 33.6 Å². The first-order valence-corrected chi connectivity index (χ1v) is 11.2. The molecule has 0 saturated heterocycles. The molecule has 0 saturated carbocycles. The number of esters is 1. The SMILES string of the molecule is Cc1ccc(C(C)(C)C)cc1S(=O)(=O)Nc1ccc(C(=O)OC(C)C(=O)NC(N)=O)cc1. The fraction of sp³-hybridized carbons (Fsp3) is 0.318. The third kappa shape index (κ3) is 6.30. The Morgan fingerprint density at radius 2 is 1.62 bits per heavy atom. The Morgan fingerprint density at radius 1 is 1.03 bits per heavy atom. The van der Waals surface area contributed by atoms with Gasteiger partial charge in [0.25, 0.3) is 15.9 Å². The number of primary amides is 1. The highest BCUT2D eigenvalue weighted by atomic mass is 32.2. The van der Waals surface area contributed by atoms with Crippen molar-refractivity contribution in [3.8, 4) is 0 Å². The minimum atomic E-state index is -3.86. The molecule has 0 aliphatic rings. The highest BCUT2D eigenvalue weighted by Crippen LogP contribution is 2.28. The summed E-state index contributed by atoms with van der Waals surface area (Å²) < 4.78 is 33.4. The van der Waals surface area contributed by atoms with E-state index in [1.165, 1.54) is 31.2 Å². The van der Waals surface area contributed by atoms with Crippen LogP contribution >= 0.6 is 0 Å². The van der Waals surface area contributed by atoms with Gasteiger partial charge in [-0.05, 0) is 60.7 Å². The van der Waals surface area contributed by atoms with Crippen molar-refractivity contribution in [3.63, 3.8) is 0 Å². The number of anilines is 1. The Bertz CT molecular complexity index is 1140. The molecule has 1 atom stereocenters. The summed E-state index contributed by atoms with van der Waals surface area (Å²) in [4.78, 5) is 34.7. The van der Waals surface area contributed by atoms with E-state index in [4.69, 9.17) is 10.5 Å². The van der Waals surface area contributed by atoms with Crippen LogP contribution in [0, 0.1) is 6.92 Å². The third-order valence-electron chi connectivity index (χ3n) is 4.62. The predicted molar refractivity (Wildman–Crippen MR) is 120 cm³/mol. The number of hydrogen-bond acceptors (Lipinski definition) is 6. The molecule has 32 heavy (non-hydrogen) atoms. The summed E-state index contributed by atoms with van der Waals surface area (Å²) in [7, 11) is -3.86. The van der Waals surface area contributed by atoms with E-state index in [1.807, 2.05) is 32.2 Å². The largest absolute Gasteiger partial charge is 0.449 e. The van der Waals surface area contributed by atoms with Gasteiger partial charge in [-0.25, -0.2) is 18.0 Å². The zero-order valence-corrected chi connectivity index (χ0v) is 19.4. The second-order valence-electron chi connectivity index (χ2n) is 8.31. The van der Waals surface area contributed by atoms with Crippen LogP contribution in [0.15, 0.2) is 47.4 Å². The topological polar surface area (TPSA) is 145 Å². The molecule has 0 aliphatic heterocycles. The molecule has 9 nitrogen and oxygen atoms in total. The highest BCUT2D eigenvalue weighted by Gasteiger charge is 2.23. The van der Waals surface area contributed by atoms with Gasteiger partial charge < -0.3 is 10.5 Å². The van der Waals surface area contributed by atoms with Crippen LogP contribution in [-0.2, 0) is 25.0 Å². The van der Waals surface area contributed by atoms with Crippen molar-refractivity contribution in [1.29, 1.82) is 0 Å². The number of carbonyl (C=O) groups is 3. The van der Waals surface area contributed by atoms with E-state index < -0.39 is 34.0 Å². The molecule has 3 amide bonds. The molecule has 0 bridgehead atoms. The van der Waals surface area contributed by atoms with E-state index in [9.17, 15) is 22.8 Å². The van der Waals surface area contributed by atoms with Crippen molar-refractivity contribution in [2.45, 2.75) is 51.0 Å². The van der Waals surface area contributed by atoms with Crippen LogP contribution in [0.25, 0.3) is 0 Å². The number of benzene rings is 2. The van der Waals surface area contributed by atoms with E-state index in [-0.39, 0.29) is 21.6 Å². The van der Waals surface area contributed by atoms with Gasteiger partial charge >= 0.3 is 12.0 Å². The Labute approximate surface area is 187 Å². The molecule has 4 N–H and O–H groups in total. The Morgan fingerprint density at radius 3 is 2.16 bits per heavy atom. The van der Waals surface area contributed by atoms with Gasteiger partial charge in [-0.3, -0.25) is 14.8 Å². The van der Waals surface area contributed by atoms with E-state index in [0.717, 1.165) is 5.56 Å². The third-order valence-corrected chi connectivity index (χ3v) is 6.14. The minimum absolute atomic E-state index is 0.0950. The highest BCUT2D eigenvalue weighted by molar-refractivity contribution is 7.92. The van der Waals surface area contributed by atoms with Crippen molar-refractivity contribution in [2.75, 3.05) is 4.72 Å². The fourth-order valence-electron chi connectivity index (χ4n) is 2.75. The monoisotopic (exact) mass is 461 g/mol. The Hall–Kier alpha value is -3.40. The first-order chi connectivity index (χ1) is 14.7. The molecular formula is C22H27N3O6S. The number of sulfonamides is 1. The van der Waals surface area contributed by atoms with E-state index in [2.05, 4.69) is 4.72 Å². The van der Waals surface area contributed by atoms with Gasteiger partial charge in [0.05, 0.1) is 10.5 Å². The van der Waals surface area contributed by atoms with Gasteiger partial charge in [0.2, 0.25) is 0 Å². The molecule has 0 radical (unpaired) electrons. The van der Waals surface area contributed by atoms with Crippen molar-refractivity contribution in [1.82, 2.24) is 5.32 Å². The maximum Gasteiger partial charge on any atom is 0.338 e. The molecule has 0 fully saturated rings. The van der Waals surface area contributed by atoms with Crippen molar-refractivity contribution in [3.05, 3.63) is 59.2 Å². The van der Waals surface area contributed by atoms with Crippen LogP contribution < -0.4 is 15.8 Å². The molecule has 0 heterocycles. The molecule has 0 spiro atoms. The number of nitrogens with one attached hydrogen (secondary N) is 2. The molecular weight excluding hydrogens is 434 g/mol. The molecule has 1 unspecified atom stereocenters. The van der Waals surface area contributed by atoms with Gasteiger partial charge in [0.1, 0.15) is 0 Å². The summed E-state index contributed by atoms with van der Waals surface area (Å²) in [5.74, 6) is -1.68. The fourth-order valence-corrected chi connectivity index (χ4v) is 4.08. The number of rotatable bonds is 6. The van der Waals surface area contributed by atoms with Crippen LogP contribution in [0.4, 0.5) is 10.5 Å². The number of nitrogens with two attached hydrogens (primary N) is 1. The average molecular weight is 462 g/mol. The number of urea groups is 1. The number of aryl methyl sites for hydroxylation is 1. The maximum atomic E-state index is 12.9. The molecule has 10 heteroatoms. The number of hydrogen-bond donors (Lipinski definition) is 3. The smallest absolute Gasteiger partial charge is 0.338 e. The summed E-state index contributed by atoms with van der Waals surface area (Å²) in [6.45, 7) is 9.00. The van der Waals surface area contributed by atoms with E-state index in [0.29, 0.717) is 5.56 Å². The zero-order chi connectivity index (χ0) is 24.3. The van der Waals surface area contributed by atoms with E-state index in [1.54, 1.807) is 19.1 Å². The van der Waals surface area contributed by atoms with Gasteiger partial charge in [0, 0.05) is 5.69 Å². The van der Waals surface area contributed by atoms with Gasteiger partial charge in [0.15, 0.2) is 6.10 Å². The average Bonchev–Trinajstić information content (AvgIpc) is 2.66. The van der Waals surface area contributed by atoms with Gasteiger partial charge in [-0.1, -0.05) is 32.9 Å².